The Balaban J connectivity index is 3.03. The van der Waals surface area contributed by atoms with Gasteiger partial charge in [0.2, 0.25) is 6.08 Å². The average molecular weight is 527 g/mol. The predicted molar refractivity (Wildman–Crippen MR) is 163 cm³/mol. The van der Waals surface area contributed by atoms with Gasteiger partial charge in [-0.3, -0.25) is 0 Å². The molecule has 206 valence electrons. The van der Waals surface area contributed by atoms with Crippen molar-refractivity contribution in [2.24, 2.45) is 4.99 Å². The predicted octanol–water partition coefficient (Wildman–Crippen LogP) is 10.3. The molecule has 3 nitrogen and oxygen atoms in total. The normalized spacial score (nSPS) is 10.9. The molecule has 0 aromatic heterocycles. The fourth-order valence-electron chi connectivity index (χ4n) is 4.80. The van der Waals surface area contributed by atoms with E-state index in [9.17, 15) is 4.79 Å². The fraction of sp³-hybridized carbons (Fsp3) is 0.933. The maximum atomic E-state index is 9.97. The Kier molecular flexibility index (Phi) is 31.3. The molecule has 0 aromatic carbocycles. The highest BCUT2D eigenvalue weighted by molar-refractivity contribution is 8.11. The average Bonchev–Trinajstić information content (AvgIpc) is 2.85. The molecule has 0 amide bonds. The van der Waals surface area contributed by atoms with Crippen LogP contribution in [-0.2, 0) is 4.79 Å². The molecule has 0 aliphatic carbocycles. The van der Waals surface area contributed by atoms with Crippen molar-refractivity contribution in [2.45, 2.75) is 167 Å². The summed E-state index contributed by atoms with van der Waals surface area (Å²) in [5, 5.41) is 3.10. The van der Waals surface area contributed by atoms with E-state index in [1.807, 2.05) is 0 Å². The number of hydrogen-bond donors (Lipinski definition) is 2. The first-order chi connectivity index (χ1) is 17.3. The van der Waals surface area contributed by atoms with E-state index in [-0.39, 0.29) is 0 Å². The number of thiocarbonyl (C=S) groups is 1. The van der Waals surface area contributed by atoms with E-state index in [0.29, 0.717) is 10.9 Å². The number of unbranched alkanes of at least 4 members (excludes halogenated alkanes) is 25. The van der Waals surface area contributed by atoms with E-state index in [0.717, 1.165) is 13.0 Å². The largest absolute Gasteiger partial charge is 0.371 e. The van der Waals surface area contributed by atoms with Crippen molar-refractivity contribution >= 4 is 35.2 Å². The van der Waals surface area contributed by atoms with Crippen LogP contribution in [0.15, 0.2) is 4.99 Å². The fourth-order valence-corrected chi connectivity index (χ4v) is 5.01. The summed E-state index contributed by atoms with van der Waals surface area (Å²) in [4.78, 5) is 13.6. The second kappa shape index (κ2) is 31.6. The number of nitrogens with one attached hydrogen (secondary N) is 1. The molecule has 35 heavy (non-hydrogen) atoms. The molecular formula is C30H58N2OS2. The van der Waals surface area contributed by atoms with Crippen LogP contribution in [0, 0.1) is 0 Å². The molecule has 0 rings (SSSR count). The van der Waals surface area contributed by atoms with Crippen LogP contribution in [-0.4, -0.2) is 23.5 Å². The highest BCUT2D eigenvalue weighted by Crippen LogP contribution is 2.16. The monoisotopic (exact) mass is 526 g/mol. The molecule has 1 N–H and O–H groups in total. The van der Waals surface area contributed by atoms with E-state index in [1.165, 1.54) is 161 Å². The van der Waals surface area contributed by atoms with Crippen molar-refractivity contribution < 1.29 is 4.79 Å². The summed E-state index contributed by atoms with van der Waals surface area (Å²) < 4.78 is 0.623. The third kappa shape index (κ3) is 33.6. The Hall–Kier alpha value is -0.380. The van der Waals surface area contributed by atoms with Crippen molar-refractivity contribution in [1.82, 2.24) is 5.32 Å². The van der Waals surface area contributed by atoms with Crippen molar-refractivity contribution in [3.63, 3.8) is 0 Å². The lowest BCUT2D eigenvalue weighted by Crippen LogP contribution is -2.17. The lowest BCUT2D eigenvalue weighted by molar-refractivity contribution is 0.515. The Bertz CT molecular complexity index is 453. The molecule has 0 radical (unpaired) electrons. The molecule has 0 bridgehead atoms. The molecular weight excluding hydrogens is 468 g/mol. The second-order valence-electron chi connectivity index (χ2n) is 10.4. The van der Waals surface area contributed by atoms with E-state index < -0.39 is 0 Å². The minimum Gasteiger partial charge on any atom is -0.371 e. The Labute approximate surface area is 229 Å². The molecule has 0 aliphatic heterocycles. The first-order valence-electron chi connectivity index (χ1n) is 15.3. The zero-order valence-corrected chi connectivity index (χ0v) is 24.7. The standard InChI is InChI=1S/C30H58N2OS2/c33-29-31-27-25-23-21-19-17-15-13-11-9-7-5-3-1-2-4-6-8-10-12-14-16-18-20-22-24-26-28-32-30(34)35/h1-28H2,(H2,32,34,35). The van der Waals surface area contributed by atoms with Crippen molar-refractivity contribution in [2.75, 3.05) is 13.1 Å². The second-order valence-corrected chi connectivity index (χ2v) is 11.6. The lowest BCUT2D eigenvalue weighted by atomic mass is 10.0. The van der Waals surface area contributed by atoms with Crippen LogP contribution in [0.3, 0.4) is 0 Å². The highest BCUT2D eigenvalue weighted by atomic mass is 32.1. The SMILES string of the molecule is O=C=NCCCCCCCCCCCCCCCCCCCCCCCCCCCCNC(=S)S. The number of carbonyl (C=O) groups excluding carboxylic acids is 1. The smallest absolute Gasteiger partial charge is 0.234 e. The van der Waals surface area contributed by atoms with Gasteiger partial charge in [-0.1, -0.05) is 166 Å². The topological polar surface area (TPSA) is 41.5 Å². The summed E-state index contributed by atoms with van der Waals surface area (Å²) >= 11 is 8.96. The van der Waals surface area contributed by atoms with Gasteiger partial charge in [0.25, 0.3) is 0 Å². The Morgan fingerprint density at radius 1 is 0.514 bits per heavy atom. The molecule has 0 aliphatic rings. The van der Waals surface area contributed by atoms with Gasteiger partial charge in [-0.2, -0.15) is 0 Å². The van der Waals surface area contributed by atoms with E-state index in [1.54, 1.807) is 6.08 Å². The number of rotatable bonds is 29. The Morgan fingerprint density at radius 2 is 0.771 bits per heavy atom. The minimum absolute atomic E-state index is 0.623. The molecule has 0 saturated heterocycles. The van der Waals surface area contributed by atoms with Gasteiger partial charge in [-0.05, 0) is 12.8 Å². The molecule has 0 spiro atoms. The zero-order valence-electron chi connectivity index (χ0n) is 23.0. The van der Waals surface area contributed by atoms with E-state index in [2.05, 4.69) is 22.9 Å². The van der Waals surface area contributed by atoms with Gasteiger partial charge in [0.05, 0.1) is 6.54 Å². The molecule has 0 aromatic rings. The number of hydrogen-bond acceptors (Lipinski definition) is 3. The maximum Gasteiger partial charge on any atom is 0.234 e. The molecule has 5 heteroatoms. The van der Waals surface area contributed by atoms with Gasteiger partial charge in [-0.15, -0.1) is 12.6 Å². The third-order valence-corrected chi connectivity index (χ3v) is 7.34. The summed E-state index contributed by atoms with van der Waals surface area (Å²) in [6.45, 7) is 1.64. The van der Waals surface area contributed by atoms with Gasteiger partial charge in [0.1, 0.15) is 4.32 Å². The van der Waals surface area contributed by atoms with Crippen LogP contribution < -0.4 is 5.32 Å². The first kappa shape index (κ1) is 34.6. The molecule has 0 unspecified atom stereocenters. The lowest BCUT2D eigenvalue weighted by Gasteiger charge is -2.05. The minimum atomic E-state index is 0.623. The zero-order chi connectivity index (χ0) is 25.5. The summed E-state index contributed by atoms with van der Waals surface area (Å²) in [6, 6.07) is 0. The van der Waals surface area contributed by atoms with Crippen molar-refractivity contribution in [3.05, 3.63) is 0 Å². The number of nitrogens with zero attached hydrogens (tertiary/aromatic N) is 1. The van der Waals surface area contributed by atoms with Gasteiger partial charge in [-0.25, -0.2) is 9.79 Å². The van der Waals surface area contributed by atoms with E-state index in [4.69, 9.17) is 12.2 Å². The summed E-state index contributed by atoms with van der Waals surface area (Å²) in [6.07, 6.45) is 37.6. The van der Waals surface area contributed by atoms with Crippen molar-refractivity contribution in [3.8, 4) is 0 Å². The van der Waals surface area contributed by atoms with Crippen molar-refractivity contribution in [1.29, 1.82) is 0 Å². The van der Waals surface area contributed by atoms with Gasteiger partial charge in [0, 0.05) is 6.54 Å². The number of aliphatic imine (C=N–C) groups is 1. The summed E-state index contributed by atoms with van der Waals surface area (Å²) in [5.41, 5.74) is 0. The molecule has 0 atom stereocenters. The Morgan fingerprint density at radius 3 is 1.03 bits per heavy atom. The summed E-state index contributed by atoms with van der Waals surface area (Å²) in [7, 11) is 0. The van der Waals surface area contributed by atoms with Crippen LogP contribution in [0.2, 0.25) is 0 Å². The van der Waals surface area contributed by atoms with Crippen LogP contribution in [0.1, 0.15) is 167 Å². The maximum absolute atomic E-state index is 9.97. The third-order valence-electron chi connectivity index (χ3n) is 7.04. The number of thiol groups is 1. The van der Waals surface area contributed by atoms with Crippen LogP contribution in [0.4, 0.5) is 0 Å². The molecule has 0 saturated carbocycles. The number of isocyanates is 1. The van der Waals surface area contributed by atoms with E-state index >= 15 is 0 Å². The molecule has 0 heterocycles. The van der Waals surface area contributed by atoms with Crippen LogP contribution in [0.5, 0.6) is 0 Å². The van der Waals surface area contributed by atoms with Gasteiger partial charge in [0.15, 0.2) is 0 Å². The van der Waals surface area contributed by atoms with Gasteiger partial charge >= 0.3 is 0 Å². The van der Waals surface area contributed by atoms with Crippen LogP contribution in [0.25, 0.3) is 0 Å². The highest BCUT2D eigenvalue weighted by Gasteiger charge is 1.97. The summed E-state index contributed by atoms with van der Waals surface area (Å²) in [5.74, 6) is 0. The quantitative estimate of drug-likeness (QED) is 0.0335. The molecule has 0 fully saturated rings. The van der Waals surface area contributed by atoms with Crippen LogP contribution >= 0.6 is 24.8 Å². The van der Waals surface area contributed by atoms with Gasteiger partial charge < -0.3 is 5.32 Å². The first-order valence-corrected chi connectivity index (χ1v) is 16.1.